The number of carbonyl (C=O) groups excluding carboxylic acids is 1. The third-order valence-electron chi connectivity index (χ3n) is 5.78. The number of ether oxygens (including phenoxy) is 2. The van der Waals surface area contributed by atoms with Crippen LogP contribution in [0.15, 0.2) is 42.5 Å². The molecule has 0 fully saturated rings. The quantitative estimate of drug-likeness (QED) is 0.231. The third-order valence-corrected chi connectivity index (χ3v) is 10.3. The summed E-state index contributed by atoms with van der Waals surface area (Å²) in [5.74, 6) is -1.50. The number of rotatable bonds is 10. The van der Waals surface area contributed by atoms with Gasteiger partial charge in [-0.1, -0.05) is 56.7 Å². The zero-order chi connectivity index (χ0) is 24.1. The van der Waals surface area contributed by atoms with Crippen LogP contribution in [0, 0.1) is 0 Å². The molecule has 4 nitrogen and oxygen atoms in total. The van der Waals surface area contributed by atoms with Gasteiger partial charge in [0.15, 0.2) is 8.32 Å². The zero-order valence-corrected chi connectivity index (χ0v) is 20.6. The van der Waals surface area contributed by atoms with Crippen molar-refractivity contribution in [2.24, 2.45) is 0 Å². The van der Waals surface area contributed by atoms with Gasteiger partial charge in [-0.15, -0.1) is 6.58 Å². The van der Waals surface area contributed by atoms with Crippen LogP contribution >= 0.6 is 0 Å². The molecule has 0 aliphatic carbocycles. The number of allylic oxidation sites excluding steroid dienone is 1. The van der Waals surface area contributed by atoms with E-state index >= 15 is 0 Å². The Morgan fingerprint density at radius 1 is 1.13 bits per heavy atom. The molecule has 0 spiro atoms. The Balaban J connectivity index is 3.22. The highest BCUT2D eigenvalue weighted by Gasteiger charge is 2.64. The van der Waals surface area contributed by atoms with Crippen molar-refractivity contribution in [2.75, 3.05) is 13.7 Å². The summed E-state index contributed by atoms with van der Waals surface area (Å²) in [6.45, 7) is 15.9. The second-order valence-corrected chi connectivity index (χ2v) is 14.2. The third kappa shape index (κ3) is 6.67. The second kappa shape index (κ2) is 10.3. The van der Waals surface area contributed by atoms with Crippen LogP contribution in [0.1, 0.15) is 46.1 Å². The Bertz CT molecular complexity index is 741. The molecule has 0 saturated carbocycles. The molecule has 176 valence electrons. The summed E-state index contributed by atoms with van der Waals surface area (Å²) < 4.78 is 58.8. The van der Waals surface area contributed by atoms with Gasteiger partial charge in [-0.05, 0) is 37.9 Å². The summed E-state index contributed by atoms with van der Waals surface area (Å²) in [6.07, 6.45) is -5.07. The van der Waals surface area contributed by atoms with Crippen LogP contribution in [0.2, 0.25) is 18.1 Å². The first-order valence-corrected chi connectivity index (χ1v) is 13.2. The summed E-state index contributed by atoms with van der Waals surface area (Å²) >= 11 is 0. The summed E-state index contributed by atoms with van der Waals surface area (Å²) in [4.78, 5) is 13.0. The van der Waals surface area contributed by atoms with Gasteiger partial charge in [0.05, 0.1) is 6.61 Å². The lowest BCUT2D eigenvalue weighted by Crippen LogP contribution is -2.53. The van der Waals surface area contributed by atoms with Gasteiger partial charge in [-0.3, -0.25) is 0 Å². The van der Waals surface area contributed by atoms with Crippen molar-refractivity contribution in [2.45, 2.75) is 76.6 Å². The number of benzene rings is 1. The molecular formula is C23H35F3O4Si. The molecule has 1 aromatic rings. The molecule has 31 heavy (non-hydrogen) atoms. The molecule has 0 radical (unpaired) electrons. The van der Waals surface area contributed by atoms with Gasteiger partial charge in [0.2, 0.25) is 0 Å². The lowest BCUT2D eigenvalue weighted by Gasteiger charge is -2.38. The molecule has 0 N–H and O–H groups in total. The first-order chi connectivity index (χ1) is 14.1. The summed E-state index contributed by atoms with van der Waals surface area (Å²) in [7, 11) is -1.34. The predicted molar refractivity (Wildman–Crippen MR) is 118 cm³/mol. The van der Waals surface area contributed by atoms with Gasteiger partial charge in [-0.25, -0.2) is 4.79 Å². The van der Waals surface area contributed by atoms with Crippen LogP contribution in [-0.2, 0) is 24.3 Å². The van der Waals surface area contributed by atoms with E-state index < -0.39 is 32.2 Å². The van der Waals surface area contributed by atoms with Crippen molar-refractivity contribution in [3.05, 3.63) is 48.0 Å². The molecule has 0 saturated heterocycles. The smallest absolute Gasteiger partial charge is 0.432 e. The minimum Gasteiger partial charge on any atom is -0.457 e. The van der Waals surface area contributed by atoms with Crippen LogP contribution in [0.25, 0.3) is 0 Å². The van der Waals surface area contributed by atoms with E-state index in [1.165, 1.54) is 24.3 Å². The van der Waals surface area contributed by atoms with Crippen LogP contribution in [0.3, 0.4) is 0 Å². The van der Waals surface area contributed by atoms with Crippen molar-refractivity contribution < 1.29 is 31.9 Å². The minimum absolute atomic E-state index is 0.0158. The van der Waals surface area contributed by atoms with Crippen LogP contribution < -0.4 is 0 Å². The Labute approximate surface area is 184 Å². The maximum absolute atomic E-state index is 14.1. The Kier molecular flexibility index (Phi) is 9.11. The molecular weight excluding hydrogens is 425 g/mol. The number of halogens is 3. The van der Waals surface area contributed by atoms with E-state index in [-0.39, 0.29) is 17.2 Å². The molecule has 2 atom stereocenters. The normalized spacial score (nSPS) is 15.8. The van der Waals surface area contributed by atoms with Crippen LogP contribution in [0.4, 0.5) is 13.2 Å². The number of hydrogen-bond acceptors (Lipinski definition) is 4. The summed E-state index contributed by atoms with van der Waals surface area (Å²) in [5, 5.41) is -0.0950. The van der Waals surface area contributed by atoms with Crippen molar-refractivity contribution >= 4 is 14.3 Å². The molecule has 0 aliphatic rings. The lowest BCUT2D eigenvalue weighted by atomic mass is 9.92. The topological polar surface area (TPSA) is 44.8 Å². The predicted octanol–water partition coefficient (Wildman–Crippen LogP) is 6.38. The highest BCUT2D eigenvalue weighted by Crippen LogP contribution is 2.43. The Hall–Kier alpha value is -1.64. The second-order valence-electron chi connectivity index (χ2n) is 9.34. The Morgan fingerprint density at radius 2 is 1.68 bits per heavy atom. The van der Waals surface area contributed by atoms with Crippen LogP contribution in [0.5, 0.6) is 0 Å². The average molecular weight is 461 g/mol. The van der Waals surface area contributed by atoms with E-state index in [0.29, 0.717) is 12.8 Å². The standard InChI is InChI=1S/C23H35F3O4Si/c1-17(2)14-15-19(16-29-31(7,8)21(3,4)5)30-20(27)22(28-6,23(24,25)26)18-12-10-9-11-13-18/h9-13,19H,1,14-16H2,2-8H3/t19-,22+/m0/s1. The maximum atomic E-state index is 14.1. The van der Waals surface area contributed by atoms with Gasteiger partial charge >= 0.3 is 12.1 Å². The van der Waals surface area contributed by atoms with E-state index in [1.807, 2.05) is 20.0 Å². The van der Waals surface area contributed by atoms with E-state index in [0.717, 1.165) is 12.7 Å². The number of esters is 1. The molecule has 0 heterocycles. The summed E-state index contributed by atoms with van der Waals surface area (Å²) in [6, 6.07) is 6.80. The maximum Gasteiger partial charge on any atom is 0.432 e. The van der Waals surface area contributed by atoms with Gasteiger partial charge in [0, 0.05) is 12.7 Å². The number of methoxy groups -OCH3 is 1. The molecule has 0 aromatic heterocycles. The number of hydrogen-bond donors (Lipinski definition) is 0. The van der Waals surface area contributed by atoms with E-state index in [9.17, 15) is 18.0 Å². The molecule has 0 amide bonds. The van der Waals surface area contributed by atoms with Crippen molar-refractivity contribution in [1.82, 2.24) is 0 Å². The highest BCUT2D eigenvalue weighted by molar-refractivity contribution is 6.74. The zero-order valence-electron chi connectivity index (χ0n) is 19.6. The Morgan fingerprint density at radius 3 is 2.10 bits per heavy atom. The fourth-order valence-corrected chi connectivity index (χ4v) is 3.76. The monoisotopic (exact) mass is 460 g/mol. The van der Waals surface area contributed by atoms with Gasteiger partial charge < -0.3 is 13.9 Å². The largest absolute Gasteiger partial charge is 0.457 e. The van der Waals surface area contributed by atoms with E-state index in [1.54, 1.807) is 6.07 Å². The van der Waals surface area contributed by atoms with Crippen LogP contribution in [-0.4, -0.2) is 40.3 Å². The minimum atomic E-state index is -5.01. The van der Waals surface area contributed by atoms with Gasteiger partial charge in [0.25, 0.3) is 5.60 Å². The number of carbonyl (C=O) groups is 1. The molecule has 1 aromatic carbocycles. The van der Waals surface area contributed by atoms with Crippen molar-refractivity contribution in [3.63, 3.8) is 0 Å². The highest BCUT2D eigenvalue weighted by atomic mass is 28.4. The molecule has 1 rings (SSSR count). The SMILES string of the molecule is C=C(C)CC[C@@H](CO[Si](C)(C)C(C)(C)C)OC(=O)[C@](OC)(c1ccccc1)C(F)(F)F. The molecule has 0 aliphatic heterocycles. The fraction of sp³-hybridized carbons (Fsp3) is 0.609. The fourth-order valence-electron chi connectivity index (χ4n) is 2.72. The number of alkyl halides is 3. The molecule has 0 bridgehead atoms. The van der Waals surface area contributed by atoms with E-state index in [2.05, 4.69) is 27.4 Å². The van der Waals surface area contributed by atoms with Crippen molar-refractivity contribution in [3.8, 4) is 0 Å². The van der Waals surface area contributed by atoms with Gasteiger partial charge in [-0.2, -0.15) is 13.2 Å². The van der Waals surface area contributed by atoms with Crippen molar-refractivity contribution in [1.29, 1.82) is 0 Å². The first kappa shape index (κ1) is 27.4. The lowest BCUT2D eigenvalue weighted by molar-refractivity contribution is -0.278. The molecule has 8 heteroatoms. The average Bonchev–Trinajstić information content (AvgIpc) is 2.63. The molecule has 0 unspecified atom stereocenters. The van der Waals surface area contributed by atoms with E-state index in [4.69, 9.17) is 13.9 Å². The first-order valence-electron chi connectivity index (χ1n) is 10.3. The summed E-state index contributed by atoms with van der Waals surface area (Å²) in [5.41, 5.74) is -2.71. The van der Waals surface area contributed by atoms with Gasteiger partial charge in [0.1, 0.15) is 6.10 Å².